The zero-order chi connectivity index (χ0) is 18.1. The van der Waals surface area contributed by atoms with Crippen molar-refractivity contribution in [3.8, 4) is 0 Å². The van der Waals surface area contributed by atoms with Gasteiger partial charge in [0.05, 0.1) is 5.60 Å². The molecule has 9 heteroatoms. The van der Waals surface area contributed by atoms with Gasteiger partial charge in [0, 0.05) is 34.0 Å². The number of aliphatic hydroxyl groups is 3. The number of aliphatic carboxylic acids is 3. The van der Waals surface area contributed by atoms with Crippen molar-refractivity contribution in [1.29, 1.82) is 0 Å². The van der Waals surface area contributed by atoms with Crippen molar-refractivity contribution in [2.24, 2.45) is 0 Å². The zero-order valence-corrected chi connectivity index (χ0v) is 12.7. The van der Waals surface area contributed by atoms with Crippen molar-refractivity contribution in [1.82, 2.24) is 0 Å². The molecule has 0 saturated carbocycles. The zero-order valence-electron chi connectivity index (χ0n) is 12.7. The number of carboxylic acids is 3. The largest absolute Gasteiger partial charge is 0.481 e. The predicted molar refractivity (Wildman–Crippen MR) is 74.0 cm³/mol. The summed E-state index contributed by atoms with van der Waals surface area (Å²) in [4.78, 5) is 27.0. The molecule has 0 aromatic carbocycles. The molecule has 0 bridgehead atoms. The molecular formula is C12H26O9. The first kappa shape index (κ1) is 27.6. The lowest BCUT2D eigenvalue weighted by atomic mass is 10.00. The van der Waals surface area contributed by atoms with Crippen molar-refractivity contribution in [2.75, 3.05) is 13.2 Å². The minimum atomic E-state index is -0.899. The first-order chi connectivity index (χ1) is 9.32. The summed E-state index contributed by atoms with van der Waals surface area (Å²) in [5.41, 5.74) is -0.899. The standard InChI is InChI=1S/C6H14O3.3C2H4O2/c1-6(9,2-4-7)3-5-8;3*1-2(3)4/h7-9H,2-5H2,1H3;3*1H3,(H,3,4). The Labute approximate surface area is 123 Å². The van der Waals surface area contributed by atoms with E-state index in [1.54, 1.807) is 6.92 Å². The lowest BCUT2D eigenvalue weighted by molar-refractivity contribution is -0.135. The van der Waals surface area contributed by atoms with E-state index in [0.29, 0.717) is 12.8 Å². The number of hydrogen-bond acceptors (Lipinski definition) is 6. The summed E-state index contributed by atoms with van der Waals surface area (Å²) < 4.78 is 0. The summed E-state index contributed by atoms with van der Waals surface area (Å²) in [5.74, 6) is -2.50. The predicted octanol–water partition coefficient (Wildman–Crippen LogP) is -0.225. The lowest BCUT2D eigenvalue weighted by Crippen LogP contribution is -2.26. The van der Waals surface area contributed by atoms with Crippen LogP contribution in [0.25, 0.3) is 0 Å². The molecule has 6 N–H and O–H groups in total. The van der Waals surface area contributed by atoms with Crippen molar-refractivity contribution < 1.29 is 45.0 Å². The number of hydrogen-bond donors (Lipinski definition) is 6. The molecule has 21 heavy (non-hydrogen) atoms. The Morgan fingerprint density at radius 1 is 0.762 bits per heavy atom. The summed E-state index contributed by atoms with van der Waals surface area (Å²) in [7, 11) is 0. The van der Waals surface area contributed by atoms with Gasteiger partial charge in [0.25, 0.3) is 17.9 Å². The van der Waals surface area contributed by atoms with Gasteiger partial charge in [-0.3, -0.25) is 14.4 Å². The van der Waals surface area contributed by atoms with E-state index >= 15 is 0 Å². The van der Waals surface area contributed by atoms with Crippen LogP contribution in [0.4, 0.5) is 0 Å². The molecule has 0 heterocycles. The highest BCUT2D eigenvalue weighted by Crippen LogP contribution is 2.11. The normalized spacial score (nSPS) is 8.71. The smallest absolute Gasteiger partial charge is 0.300 e. The molecule has 0 rings (SSSR count). The molecule has 0 spiro atoms. The van der Waals surface area contributed by atoms with Gasteiger partial charge in [0.2, 0.25) is 0 Å². The average molecular weight is 314 g/mol. The van der Waals surface area contributed by atoms with Gasteiger partial charge in [-0.05, 0) is 19.8 Å². The van der Waals surface area contributed by atoms with Crippen molar-refractivity contribution >= 4 is 17.9 Å². The average Bonchev–Trinajstić information content (AvgIpc) is 2.13. The Hall–Kier alpha value is -1.71. The minimum absolute atomic E-state index is 0.0347. The second-order valence-corrected chi connectivity index (χ2v) is 4.00. The van der Waals surface area contributed by atoms with E-state index in [4.69, 9.17) is 39.9 Å². The van der Waals surface area contributed by atoms with Gasteiger partial charge >= 0.3 is 0 Å². The van der Waals surface area contributed by atoms with E-state index in [0.717, 1.165) is 20.8 Å². The molecule has 128 valence electrons. The third kappa shape index (κ3) is 123. The maximum absolute atomic E-state index is 9.19. The van der Waals surface area contributed by atoms with Crippen LogP contribution in [0.1, 0.15) is 40.5 Å². The van der Waals surface area contributed by atoms with Crippen LogP contribution < -0.4 is 0 Å². The molecule has 0 radical (unpaired) electrons. The number of carbonyl (C=O) groups is 3. The molecule has 0 fully saturated rings. The van der Waals surface area contributed by atoms with Crippen LogP contribution in [0, 0.1) is 0 Å². The Morgan fingerprint density at radius 3 is 1.00 bits per heavy atom. The fourth-order valence-corrected chi connectivity index (χ4v) is 0.607. The highest BCUT2D eigenvalue weighted by atomic mass is 16.4. The van der Waals surface area contributed by atoms with E-state index in [2.05, 4.69) is 0 Å². The molecular weight excluding hydrogens is 288 g/mol. The SMILES string of the molecule is CC(=O)O.CC(=O)O.CC(=O)O.CC(O)(CCO)CCO. The van der Waals surface area contributed by atoms with Gasteiger partial charge < -0.3 is 30.6 Å². The van der Waals surface area contributed by atoms with E-state index in [1.807, 2.05) is 0 Å². The third-order valence-electron chi connectivity index (χ3n) is 1.30. The third-order valence-corrected chi connectivity index (χ3v) is 1.30. The Kier molecular flexibility index (Phi) is 24.0. The van der Waals surface area contributed by atoms with Crippen LogP contribution in [0.15, 0.2) is 0 Å². The molecule has 0 aromatic rings. The van der Waals surface area contributed by atoms with Gasteiger partial charge in [-0.1, -0.05) is 0 Å². The van der Waals surface area contributed by atoms with Crippen molar-refractivity contribution in [3.05, 3.63) is 0 Å². The van der Waals surface area contributed by atoms with E-state index in [1.165, 1.54) is 0 Å². The van der Waals surface area contributed by atoms with E-state index < -0.39 is 23.5 Å². The molecule has 0 aliphatic heterocycles. The Morgan fingerprint density at radius 2 is 0.905 bits per heavy atom. The molecule has 0 atom stereocenters. The Bertz CT molecular complexity index is 225. The number of rotatable bonds is 4. The highest BCUT2D eigenvalue weighted by molar-refractivity contribution is 5.63. The summed E-state index contributed by atoms with van der Waals surface area (Å²) in [6, 6.07) is 0. The van der Waals surface area contributed by atoms with Crippen LogP contribution >= 0.6 is 0 Å². The van der Waals surface area contributed by atoms with Crippen LogP contribution in [0.3, 0.4) is 0 Å². The molecule has 9 nitrogen and oxygen atoms in total. The first-order valence-corrected chi connectivity index (χ1v) is 5.85. The topological polar surface area (TPSA) is 173 Å². The Balaban J connectivity index is -0.000000102. The summed E-state index contributed by atoms with van der Waals surface area (Å²) in [6.45, 7) is 4.78. The molecule has 0 aliphatic rings. The summed E-state index contributed by atoms with van der Waals surface area (Å²) in [6.07, 6.45) is 0.654. The first-order valence-electron chi connectivity index (χ1n) is 5.85. The summed E-state index contributed by atoms with van der Waals surface area (Å²) in [5, 5.41) is 48.2. The minimum Gasteiger partial charge on any atom is -0.481 e. The summed E-state index contributed by atoms with van der Waals surface area (Å²) >= 11 is 0. The number of aliphatic hydroxyl groups excluding tert-OH is 2. The maximum Gasteiger partial charge on any atom is 0.300 e. The second-order valence-electron chi connectivity index (χ2n) is 4.00. The fraction of sp³-hybridized carbons (Fsp3) is 0.750. The van der Waals surface area contributed by atoms with Crippen LogP contribution in [-0.4, -0.2) is 67.4 Å². The quantitative estimate of drug-likeness (QED) is 0.410. The van der Waals surface area contributed by atoms with Gasteiger partial charge in [-0.25, -0.2) is 0 Å². The van der Waals surface area contributed by atoms with Gasteiger partial charge in [-0.2, -0.15) is 0 Å². The van der Waals surface area contributed by atoms with Gasteiger partial charge in [0.1, 0.15) is 0 Å². The van der Waals surface area contributed by atoms with Gasteiger partial charge in [0.15, 0.2) is 0 Å². The van der Waals surface area contributed by atoms with Crippen LogP contribution in [0.2, 0.25) is 0 Å². The number of carboxylic acid groups (broad SMARTS) is 3. The van der Waals surface area contributed by atoms with E-state index in [-0.39, 0.29) is 13.2 Å². The lowest BCUT2D eigenvalue weighted by Gasteiger charge is -2.20. The second kappa shape index (κ2) is 18.3. The molecule has 0 amide bonds. The van der Waals surface area contributed by atoms with Crippen LogP contribution in [0.5, 0.6) is 0 Å². The van der Waals surface area contributed by atoms with Crippen LogP contribution in [-0.2, 0) is 14.4 Å². The molecule has 0 saturated heterocycles. The van der Waals surface area contributed by atoms with Crippen molar-refractivity contribution in [3.63, 3.8) is 0 Å². The maximum atomic E-state index is 9.19. The van der Waals surface area contributed by atoms with Crippen molar-refractivity contribution in [2.45, 2.75) is 46.1 Å². The fourth-order valence-electron chi connectivity index (χ4n) is 0.607. The molecule has 0 aromatic heterocycles. The highest BCUT2D eigenvalue weighted by Gasteiger charge is 2.17. The molecule has 0 unspecified atom stereocenters. The monoisotopic (exact) mass is 314 g/mol. The molecule has 0 aliphatic carbocycles. The van der Waals surface area contributed by atoms with Gasteiger partial charge in [-0.15, -0.1) is 0 Å². The van der Waals surface area contributed by atoms with E-state index in [9.17, 15) is 5.11 Å².